The summed E-state index contributed by atoms with van der Waals surface area (Å²) < 4.78 is 4.40. The van der Waals surface area contributed by atoms with Crippen molar-refractivity contribution in [2.45, 2.75) is 26.4 Å². The third-order valence-electron chi connectivity index (χ3n) is 1.27. The minimum atomic E-state index is -1.60. The summed E-state index contributed by atoms with van der Waals surface area (Å²) in [5.41, 5.74) is 4.79. The lowest BCUT2D eigenvalue weighted by Crippen LogP contribution is -2.38. The monoisotopic (exact) mass is 201 g/mol. The average Bonchev–Trinajstić information content (AvgIpc) is 1.97. The van der Waals surface area contributed by atoms with E-state index in [4.69, 9.17) is 5.73 Å². The standard InChI is InChI=1S/C8H11NO5/c1-4(10)3-6(12)14-7(5(2)11)8(9)13/h7H,3H2,1-2H3,(H2,9,13). The van der Waals surface area contributed by atoms with Crippen LogP contribution in [0.2, 0.25) is 0 Å². The molecule has 0 aromatic carbocycles. The SMILES string of the molecule is CC(=O)CC(=O)OC(C(C)=O)C(N)=O. The molecule has 0 radical (unpaired) electrons. The number of carbonyl (C=O) groups is 4. The van der Waals surface area contributed by atoms with Gasteiger partial charge in [-0.2, -0.15) is 0 Å². The Kier molecular flexibility index (Phi) is 4.48. The number of hydrogen-bond acceptors (Lipinski definition) is 5. The second-order valence-corrected chi connectivity index (χ2v) is 2.76. The molecule has 0 aliphatic heterocycles. The maximum atomic E-state index is 10.9. The predicted octanol–water partition coefficient (Wildman–Crippen LogP) is -1.05. The summed E-state index contributed by atoms with van der Waals surface area (Å²) in [4.78, 5) is 42.7. The molecular weight excluding hydrogens is 190 g/mol. The van der Waals surface area contributed by atoms with Crippen molar-refractivity contribution >= 4 is 23.4 Å². The van der Waals surface area contributed by atoms with E-state index in [1.807, 2.05) is 0 Å². The highest BCUT2D eigenvalue weighted by atomic mass is 16.6. The molecule has 78 valence electrons. The summed E-state index contributed by atoms with van der Waals surface area (Å²) in [6.07, 6.45) is -2.07. The summed E-state index contributed by atoms with van der Waals surface area (Å²) in [6.45, 7) is 2.25. The van der Waals surface area contributed by atoms with Gasteiger partial charge in [0.15, 0.2) is 5.78 Å². The van der Waals surface area contributed by atoms with Crippen LogP contribution in [0.4, 0.5) is 0 Å². The van der Waals surface area contributed by atoms with E-state index in [9.17, 15) is 19.2 Å². The molecule has 0 aliphatic rings. The lowest BCUT2D eigenvalue weighted by atomic mass is 10.2. The van der Waals surface area contributed by atoms with Gasteiger partial charge >= 0.3 is 5.97 Å². The van der Waals surface area contributed by atoms with E-state index in [0.29, 0.717) is 0 Å². The zero-order chi connectivity index (χ0) is 11.3. The van der Waals surface area contributed by atoms with Crippen molar-refractivity contribution in [3.63, 3.8) is 0 Å². The number of primary amides is 1. The van der Waals surface area contributed by atoms with Gasteiger partial charge in [0.25, 0.3) is 5.91 Å². The largest absolute Gasteiger partial charge is 0.444 e. The van der Waals surface area contributed by atoms with E-state index in [0.717, 1.165) is 6.92 Å². The number of ketones is 2. The smallest absolute Gasteiger partial charge is 0.314 e. The van der Waals surface area contributed by atoms with Crippen LogP contribution in [0.3, 0.4) is 0 Å². The lowest BCUT2D eigenvalue weighted by Gasteiger charge is -2.10. The van der Waals surface area contributed by atoms with Crippen LogP contribution in [0.15, 0.2) is 0 Å². The zero-order valence-corrected chi connectivity index (χ0v) is 7.90. The number of rotatable bonds is 5. The molecule has 0 aliphatic carbocycles. The normalized spacial score (nSPS) is 11.6. The van der Waals surface area contributed by atoms with Gasteiger partial charge in [-0.1, -0.05) is 0 Å². The highest BCUT2D eigenvalue weighted by molar-refractivity contribution is 6.05. The van der Waals surface area contributed by atoms with E-state index in [2.05, 4.69) is 4.74 Å². The van der Waals surface area contributed by atoms with Crippen molar-refractivity contribution in [1.29, 1.82) is 0 Å². The van der Waals surface area contributed by atoms with Gasteiger partial charge in [0, 0.05) is 0 Å². The van der Waals surface area contributed by atoms with Crippen LogP contribution in [0.1, 0.15) is 20.3 Å². The van der Waals surface area contributed by atoms with Gasteiger partial charge < -0.3 is 10.5 Å². The van der Waals surface area contributed by atoms with Gasteiger partial charge in [-0.3, -0.25) is 19.2 Å². The van der Waals surface area contributed by atoms with Gasteiger partial charge in [0.1, 0.15) is 12.2 Å². The molecule has 0 saturated heterocycles. The third-order valence-corrected chi connectivity index (χ3v) is 1.27. The Morgan fingerprint density at radius 1 is 1.21 bits per heavy atom. The van der Waals surface area contributed by atoms with E-state index < -0.39 is 36.0 Å². The molecule has 1 atom stereocenters. The predicted molar refractivity (Wildman–Crippen MR) is 45.1 cm³/mol. The first-order chi connectivity index (χ1) is 6.34. The Labute approximate surface area is 80.4 Å². The lowest BCUT2D eigenvalue weighted by molar-refractivity contribution is -0.160. The quantitative estimate of drug-likeness (QED) is 0.451. The van der Waals surface area contributed by atoms with Crippen molar-refractivity contribution in [1.82, 2.24) is 0 Å². The molecular formula is C8H11NO5. The topological polar surface area (TPSA) is 104 Å². The Balaban J connectivity index is 4.31. The van der Waals surface area contributed by atoms with Crippen molar-refractivity contribution < 1.29 is 23.9 Å². The van der Waals surface area contributed by atoms with Gasteiger partial charge in [-0.15, -0.1) is 0 Å². The number of amides is 1. The fourth-order valence-corrected chi connectivity index (χ4v) is 0.718. The van der Waals surface area contributed by atoms with Crippen molar-refractivity contribution in [3.05, 3.63) is 0 Å². The highest BCUT2D eigenvalue weighted by Gasteiger charge is 2.25. The van der Waals surface area contributed by atoms with E-state index in [1.165, 1.54) is 6.92 Å². The second kappa shape index (κ2) is 5.11. The molecule has 0 fully saturated rings. The van der Waals surface area contributed by atoms with Gasteiger partial charge in [-0.25, -0.2) is 0 Å². The number of ether oxygens (including phenoxy) is 1. The Bertz CT molecular complexity index is 269. The zero-order valence-electron chi connectivity index (χ0n) is 7.90. The molecule has 0 aromatic heterocycles. The highest BCUT2D eigenvalue weighted by Crippen LogP contribution is 1.97. The number of carbonyl (C=O) groups excluding carboxylic acids is 4. The third kappa shape index (κ3) is 4.34. The van der Waals surface area contributed by atoms with Crippen LogP contribution < -0.4 is 5.73 Å². The fourth-order valence-electron chi connectivity index (χ4n) is 0.718. The van der Waals surface area contributed by atoms with Crippen LogP contribution in [0.25, 0.3) is 0 Å². The first-order valence-electron chi connectivity index (χ1n) is 3.83. The van der Waals surface area contributed by atoms with Crippen LogP contribution in [-0.2, 0) is 23.9 Å². The average molecular weight is 201 g/mol. The van der Waals surface area contributed by atoms with Crippen molar-refractivity contribution in [3.8, 4) is 0 Å². The van der Waals surface area contributed by atoms with Gasteiger partial charge in [-0.05, 0) is 13.8 Å². The molecule has 6 nitrogen and oxygen atoms in total. The van der Waals surface area contributed by atoms with Crippen LogP contribution in [0, 0.1) is 0 Å². The molecule has 1 unspecified atom stereocenters. The van der Waals surface area contributed by atoms with E-state index >= 15 is 0 Å². The fraction of sp³-hybridized carbons (Fsp3) is 0.500. The summed E-state index contributed by atoms with van der Waals surface area (Å²) >= 11 is 0. The molecule has 0 aromatic rings. The van der Waals surface area contributed by atoms with Crippen LogP contribution >= 0.6 is 0 Å². The number of Topliss-reactive ketones (excluding diaryl/α,β-unsaturated/α-hetero) is 2. The molecule has 6 heteroatoms. The van der Waals surface area contributed by atoms with E-state index in [-0.39, 0.29) is 0 Å². The first kappa shape index (κ1) is 12.3. The minimum absolute atomic E-state index is 0.415. The minimum Gasteiger partial charge on any atom is -0.444 e. The van der Waals surface area contributed by atoms with Crippen molar-refractivity contribution in [2.75, 3.05) is 0 Å². The summed E-state index contributed by atoms with van der Waals surface area (Å²) in [5.74, 6) is -3.07. The Morgan fingerprint density at radius 3 is 2.00 bits per heavy atom. The molecule has 14 heavy (non-hydrogen) atoms. The molecule has 0 heterocycles. The molecule has 0 saturated carbocycles. The Hall–Kier alpha value is -1.72. The second-order valence-electron chi connectivity index (χ2n) is 2.76. The molecule has 0 rings (SSSR count). The van der Waals surface area contributed by atoms with Crippen LogP contribution in [0.5, 0.6) is 0 Å². The van der Waals surface area contributed by atoms with E-state index in [1.54, 1.807) is 0 Å². The number of hydrogen-bond donors (Lipinski definition) is 1. The number of esters is 1. The Morgan fingerprint density at radius 2 is 1.71 bits per heavy atom. The van der Waals surface area contributed by atoms with Crippen molar-refractivity contribution in [2.24, 2.45) is 5.73 Å². The van der Waals surface area contributed by atoms with Gasteiger partial charge in [0.2, 0.25) is 6.10 Å². The summed E-state index contributed by atoms with van der Waals surface area (Å²) in [5, 5.41) is 0. The van der Waals surface area contributed by atoms with Crippen LogP contribution in [-0.4, -0.2) is 29.5 Å². The summed E-state index contributed by atoms with van der Waals surface area (Å²) in [7, 11) is 0. The maximum absolute atomic E-state index is 10.9. The van der Waals surface area contributed by atoms with Gasteiger partial charge in [0.05, 0.1) is 0 Å². The molecule has 0 spiro atoms. The molecule has 1 amide bonds. The molecule has 2 N–H and O–H groups in total. The first-order valence-corrected chi connectivity index (χ1v) is 3.83. The summed E-state index contributed by atoms with van der Waals surface area (Å²) in [6, 6.07) is 0. The molecule has 0 bridgehead atoms. The maximum Gasteiger partial charge on any atom is 0.314 e. The number of nitrogens with two attached hydrogens (primary N) is 1.